The van der Waals surface area contributed by atoms with Gasteiger partial charge in [0.25, 0.3) is 10.1 Å². The summed E-state index contributed by atoms with van der Waals surface area (Å²) in [6, 6.07) is 0. The normalized spacial score (nSPS) is 11.8. The van der Waals surface area contributed by atoms with E-state index in [1.54, 1.807) is 0 Å². The lowest BCUT2D eigenvalue weighted by atomic mass is 10.5. The molecule has 1 radical (unpaired) electrons. The van der Waals surface area contributed by atoms with Crippen molar-refractivity contribution in [2.75, 3.05) is 19.0 Å². The highest BCUT2D eigenvalue weighted by molar-refractivity contribution is 7.85. The van der Waals surface area contributed by atoms with Crippen LogP contribution in [0.1, 0.15) is 6.42 Å². The van der Waals surface area contributed by atoms with E-state index in [9.17, 15) is 8.42 Å². The van der Waals surface area contributed by atoms with Crippen molar-refractivity contribution in [3.8, 4) is 0 Å². The summed E-state index contributed by atoms with van der Waals surface area (Å²) in [6.07, 6.45) is 0.314. The van der Waals surface area contributed by atoms with Gasteiger partial charge in [-0.25, -0.2) is 0 Å². The lowest BCUT2D eigenvalue weighted by Crippen LogP contribution is -2.06. The van der Waals surface area contributed by atoms with Gasteiger partial charge in [-0.3, -0.25) is 4.55 Å². The minimum Gasteiger partial charge on any atom is -0.381 e. The first-order valence-corrected chi connectivity index (χ1v) is 4.49. The van der Waals surface area contributed by atoms with Crippen LogP contribution in [0.2, 0.25) is 0 Å². The third-order valence-electron chi connectivity index (χ3n) is 0.835. The van der Waals surface area contributed by atoms with Crippen LogP contribution in [-0.4, -0.2) is 31.9 Å². The summed E-state index contributed by atoms with van der Waals surface area (Å²) < 4.78 is 33.1. The zero-order valence-electron chi connectivity index (χ0n) is 5.62. The Bertz CT molecular complexity index is 160. The fourth-order valence-corrected chi connectivity index (χ4v) is 0.928. The molecule has 0 atom stereocenters. The molecule has 0 unspecified atom stereocenters. The quantitative estimate of drug-likeness (QED) is 0.466. The molecule has 0 saturated heterocycles. The van der Waals surface area contributed by atoms with Crippen molar-refractivity contribution in [1.82, 2.24) is 0 Å². The van der Waals surface area contributed by atoms with E-state index in [1.807, 2.05) is 0 Å². The maximum atomic E-state index is 10.1. The van der Waals surface area contributed by atoms with Gasteiger partial charge in [0.05, 0.1) is 5.75 Å². The molecule has 0 saturated carbocycles. The molecule has 0 aromatic rings. The van der Waals surface area contributed by atoms with E-state index in [0.717, 1.165) is 0 Å². The summed E-state index contributed by atoms with van der Waals surface area (Å²) in [5, 5.41) is 0. The van der Waals surface area contributed by atoms with Gasteiger partial charge in [-0.15, -0.1) is 0 Å². The molecule has 0 bridgehead atoms. The van der Waals surface area contributed by atoms with Crippen LogP contribution in [-0.2, 0) is 14.9 Å². The maximum Gasteiger partial charge on any atom is 0.264 e. The van der Waals surface area contributed by atoms with Crippen LogP contribution in [0.4, 0.5) is 0 Å². The minimum atomic E-state index is -3.80. The molecule has 0 rings (SSSR count). The average Bonchev–Trinajstić information content (AvgIpc) is 1.78. The van der Waals surface area contributed by atoms with E-state index < -0.39 is 10.1 Å². The molecule has 0 amide bonds. The lowest BCUT2D eigenvalue weighted by molar-refractivity contribution is 0.161. The standard InChI is InChI=1S/C5H11O4S/c1-2-9-4-3-5-10(6,7)8/h1-5H2,(H,6,7,8). The molecule has 0 aliphatic carbocycles. The van der Waals surface area contributed by atoms with E-state index in [2.05, 4.69) is 6.92 Å². The Labute approximate surface area is 60.9 Å². The summed E-state index contributed by atoms with van der Waals surface area (Å²) in [6.45, 7) is 4.03. The van der Waals surface area contributed by atoms with Crippen LogP contribution in [0.15, 0.2) is 0 Å². The highest BCUT2D eigenvalue weighted by Gasteiger charge is 2.02. The molecule has 0 aromatic heterocycles. The van der Waals surface area contributed by atoms with Gasteiger partial charge >= 0.3 is 0 Å². The molecule has 5 heteroatoms. The molecule has 4 nitrogen and oxygen atoms in total. The molecule has 0 spiro atoms. The molecular formula is C5H11O4S. The second kappa shape index (κ2) is 4.65. The predicted molar refractivity (Wildman–Crippen MR) is 37.2 cm³/mol. The van der Waals surface area contributed by atoms with Gasteiger partial charge in [0.1, 0.15) is 0 Å². The van der Waals surface area contributed by atoms with Gasteiger partial charge in [-0.1, -0.05) is 0 Å². The fourth-order valence-electron chi connectivity index (χ4n) is 0.445. The van der Waals surface area contributed by atoms with E-state index in [0.29, 0.717) is 19.6 Å². The first-order valence-electron chi connectivity index (χ1n) is 2.88. The fraction of sp³-hybridized carbons (Fsp3) is 0.800. The highest BCUT2D eigenvalue weighted by atomic mass is 32.2. The third kappa shape index (κ3) is 7.87. The van der Waals surface area contributed by atoms with Crippen molar-refractivity contribution in [3.63, 3.8) is 0 Å². The van der Waals surface area contributed by atoms with Crippen LogP contribution in [0.3, 0.4) is 0 Å². The second-order valence-corrected chi connectivity index (χ2v) is 3.32. The van der Waals surface area contributed by atoms with E-state index >= 15 is 0 Å². The average molecular weight is 167 g/mol. The Morgan fingerprint density at radius 2 is 2.10 bits per heavy atom. The molecule has 0 aliphatic rings. The smallest absolute Gasteiger partial charge is 0.264 e. The number of hydrogen-bond acceptors (Lipinski definition) is 3. The Balaban J connectivity index is 3.21. The third-order valence-corrected chi connectivity index (χ3v) is 1.64. The van der Waals surface area contributed by atoms with Gasteiger partial charge < -0.3 is 4.74 Å². The summed E-state index contributed by atoms with van der Waals surface area (Å²) in [7, 11) is -3.80. The second-order valence-electron chi connectivity index (χ2n) is 1.75. The summed E-state index contributed by atoms with van der Waals surface area (Å²) in [5.41, 5.74) is 0. The largest absolute Gasteiger partial charge is 0.381 e. The van der Waals surface area contributed by atoms with Crippen molar-refractivity contribution in [1.29, 1.82) is 0 Å². The molecule has 0 heterocycles. The Morgan fingerprint density at radius 1 is 1.50 bits per heavy atom. The van der Waals surface area contributed by atoms with Crippen LogP contribution in [0, 0.1) is 6.92 Å². The topological polar surface area (TPSA) is 63.6 Å². The van der Waals surface area contributed by atoms with Crippen molar-refractivity contribution in [3.05, 3.63) is 6.92 Å². The van der Waals surface area contributed by atoms with Gasteiger partial charge in [0, 0.05) is 13.2 Å². The lowest BCUT2D eigenvalue weighted by Gasteiger charge is -1.97. The van der Waals surface area contributed by atoms with Gasteiger partial charge in [0.2, 0.25) is 0 Å². The van der Waals surface area contributed by atoms with Crippen molar-refractivity contribution in [2.45, 2.75) is 6.42 Å². The first kappa shape index (κ1) is 9.87. The van der Waals surface area contributed by atoms with Gasteiger partial charge in [-0.2, -0.15) is 8.42 Å². The highest BCUT2D eigenvalue weighted by Crippen LogP contribution is 1.88. The van der Waals surface area contributed by atoms with Crippen molar-refractivity contribution in [2.24, 2.45) is 0 Å². The Hall–Kier alpha value is -0.130. The maximum absolute atomic E-state index is 10.1. The SMILES string of the molecule is [CH2]COCCCS(=O)(=O)O. The molecule has 1 N–H and O–H groups in total. The van der Waals surface area contributed by atoms with Crippen LogP contribution < -0.4 is 0 Å². The van der Waals surface area contributed by atoms with Crippen molar-refractivity contribution < 1.29 is 17.7 Å². The summed E-state index contributed by atoms with van der Waals surface area (Å²) in [5.74, 6) is -0.243. The van der Waals surface area contributed by atoms with E-state index in [1.165, 1.54) is 0 Å². The number of ether oxygens (including phenoxy) is 1. The van der Waals surface area contributed by atoms with E-state index in [4.69, 9.17) is 9.29 Å². The zero-order valence-corrected chi connectivity index (χ0v) is 6.43. The van der Waals surface area contributed by atoms with Crippen LogP contribution in [0.25, 0.3) is 0 Å². The molecule has 10 heavy (non-hydrogen) atoms. The molecule has 0 aliphatic heterocycles. The monoisotopic (exact) mass is 167 g/mol. The molecular weight excluding hydrogens is 156 g/mol. The van der Waals surface area contributed by atoms with E-state index in [-0.39, 0.29) is 5.75 Å². The van der Waals surface area contributed by atoms with Crippen LogP contribution >= 0.6 is 0 Å². The first-order chi connectivity index (χ1) is 4.56. The predicted octanol–water partition coefficient (Wildman–Crippen LogP) is 0.115. The summed E-state index contributed by atoms with van der Waals surface area (Å²) in [4.78, 5) is 0. The van der Waals surface area contributed by atoms with Crippen LogP contribution in [0.5, 0.6) is 0 Å². The molecule has 0 aromatic carbocycles. The van der Waals surface area contributed by atoms with Gasteiger partial charge in [0.15, 0.2) is 0 Å². The molecule has 0 fully saturated rings. The number of rotatable bonds is 5. The minimum absolute atomic E-state index is 0.243. The summed E-state index contributed by atoms with van der Waals surface area (Å²) >= 11 is 0. The zero-order chi connectivity index (χ0) is 8.04. The number of hydrogen-bond donors (Lipinski definition) is 1. The Morgan fingerprint density at radius 3 is 2.50 bits per heavy atom. The van der Waals surface area contributed by atoms with Crippen molar-refractivity contribution >= 4 is 10.1 Å². The Kier molecular flexibility index (Phi) is 4.59. The van der Waals surface area contributed by atoms with Gasteiger partial charge in [-0.05, 0) is 13.3 Å². The molecule has 61 valence electrons.